The first-order chi connectivity index (χ1) is 13.0. The van der Waals surface area contributed by atoms with Crippen LogP contribution in [-0.4, -0.2) is 42.4 Å². The number of carbonyl (C=O) groups excluding carboxylic acids is 1. The van der Waals surface area contributed by atoms with Crippen molar-refractivity contribution in [3.05, 3.63) is 69.8 Å². The van der Waals surface area contributed by atoms with Gasteiger partial charge in [0.25, 0.3) is 11.6 Å². The molecule has 0 aromatic heterocycles. The first-order valence-corrected chi connectivity index (χ1v) is 9.00. The number of carbonyl (C=O) groups is 1. The molecule has 2 aromatic rings. The molecule has 0 radical (unpaired) electrons. The van der Waals surface area contributed by atoms with E-state index < -0.39 is 4.92 Å². The van der Waals surface area contributed by atoms with Crippen molar-refractivity contribution in [2.75, 3.05) is 26.0 Å². The Morgan fingerprint density at radius 3 is 2.52 bits per heavy atom. The summed E-state index contributed by atoms with van der Waals surface area (Å²) in [7, 11) is 3.90. The zero-order valence-electron chi connectivity index (χ0n) is 15.5. The molecule has 0 saturated heterocycles. The molecule has 2 aromatic carbocycles. The van der Waals surface area contributed by atoms with Crippen molar-refractivity contribution in [3.63, 3.8) is 0 Å². The molecule has 27 heavy (non-hydrogen) atoms. The number of likely N-dealkylation sites (N-methyl/N-ethyl adjacent to an activating group) is 1. The van der Waals surface area contributed by atoms with Crippen molar-refractivity contribution in [3.8, 4) is 0 Å². The summed E-state index contributed by atoms with van der Waals surface area (Å²) in [4.78, 5) is 25.5. The van der Waals surface area contributed by atoms with Gasteiger partial charge < -0.3 is 15.5 Å². The number of hydrogen-bond donors (Lipinski definition) is 2. The number of anilines is 1. The first kappa shape index (κ1) is 18.8. The van der Waals surface area contributed by atoms with Crippen LogP contribution in [0.3, 0.4) is 0 Å². The first-order valence-electron chi connectivity index (χ1n) is 9.00. The van der Waals surface area contributed by atoms with Crippen LogP contribution < -0.4 is 10.6 Å². The molecule has 142 valence electrons. The SMILES string of the molecule is CN(C)[C@H](CNC(=O)c1ccc(NC2CC2)c([N+](=O)[O-])c1)c1ccccc1. The summed E-state index contributed by atoms with van der Waals surface area (Å²) in [6, 6.07) is 14.8. The average Bonchev–Trinajstić information content (AvgIpc) is 3.46. The maximum absolute atomic E-state index is 12.6. The van der Waals surface area contributed by atoms with E-state index in [2.05, 4.69) is 10.6 Å². The van der Waals surface area contributed by atoms with Crippen LogP contribution in [0.15, 0.2) is 48.5 Å². The summed E-state index contributed by atoms with van der Waals surface area (Å²) in [5.74, 6) is -0.321. The van der Waals surface area contributed by atoms with Crippen LogP contribution in [0.5, 0.6) is 0 Å². The average molecular weight is 368 g/mol. The molecule has 1 aliphatic carbocycles. The molecule has 1 atom stereocenters. The molecule has 7 heteroatoms. The third-order valence-corrected chi connectivity index (χ3v) is 4.66. The van der Waals surface area contributed by atoms with Crippen molar-refractivity contribution in [2.45, 2.75) is 24.9 Å². The van der Waals surface area contributed by atoms with Crippen LogP contribution in [0.25, 0.3) is 0 Å². The molecule has 0 bridgehead atoms. The Morgan fingerprint density at radius 2 is 1.93 bits per heavy atom. The molecule has 0 spiro atoms. The van der Waals surface area contributed by atoms with Gasteiger partial charge in [0.05, 0.1) is 11.0 Å². The molecular weight excluding hydrogens is 344 g/mol. The number of nitro benzene ring substituents is 1. The van der Waals surface area contributed by atoms with Crippen LogP contribution in [-0.2, 0) is 0 Å². The second-order valence-corrected chi connectivity index (χ2v) is 7.01. The van der Waals surface area contributed by atoms with Gasteiger partial charge in [0.15, 0.2) is 0 Å². The third kappa shape index (κ3) is 4.83. The number of nitro groups is 1. The largest absolute Gasteiger partial charge is 0.377 e. The van der Waals surface area contributed by atoms with E-state index in [1.54, 1.807) is 12.1 Å². The minimum atomic E-state index is -0.450. The van der Waals surface area contributed by atoms with E-state index in [1.165, 1.54) is 6.07 Å². The Morgan fingerprint density at radius 1 is 1.22 bits per heavy atom. The van der Waals surface area contributed by atoms with Gasteiger partial charge in [0.1, 0.15) is 5.69 Å². The van der Waals surface area contributed by atoms with Crippen LogP contribution >= 0.6 is 0 Å². The highest BCUT2D eigenvalue weighted by Crippen LogP contribution is 2.31. The molecule has 0 heterocycles. The fourth-order valence-corrected chi connectivity index (χ4v) is 2.96. The van der Waals surface area contributed by atoms with E-state index in [1.807, 2.05) is 49.3 Å². The van der Waals surface area contributed by atoms with Crippen molar-refractivity contribution in [1.29, 1.82) is 0 Å². The lowest BCUT2D eigenvalue weighted by Crippen LogP contribution is -2.34. The van der Waals surface area contributed by atoms with E-state index in [9.17, 15) is 14.9 Å². The molecule has 2 N–H and O–H groups in total. The fourth-order valence-electron chi connectivity index (χ4n) is 2.96. The Hall–Kier alpha value is -2.93. The lowest BCUT2D eigenvalue weighted by atomic mass is 10.1. The van der Waals surface area contributed by atoms with Crippen LogP contribution in [0, 0.1) is 10.1 Å². The lowest BCUT2D eigenvalue weighted by Gasteiger charge is -2.25. The van der Waals surface area contributed by atoms with Gasteiger partial charge in [0, 0.05) is 24.2 Å². The Labute approximate surface area is 158 Å². The van der Waals surface area contributed by atoms with Crippen LogP contribution in [0.2, 0.25) is 0 Å². The molecule has 3 rings (SSSR count). The highest BCUT2D eigenvalue weighted by molar-refractivity contribution is 5.95. The highest BCUT2D eigenvalue weighted by atomic mass is 16.6. The predicted octanol–water partition coefficient (Wildman–Crippen LogP) is 3.20. The number of benzene rings is 2. The zero-order chi connectivity index (χ0) is 19.4. The van der Waals surface area contributed by atoms with Gasteiger partial charge in [0.2, 0.25) is 0 Å². The number of nitrogens with zero attached hydrogens (tertiary/aromatic N) is 2. The number of hydrogen-bond acceptors (Lipinski definition) is 5. The van der Waals surface area contributed by atoms with E-state index in [0.717, 1.165) is 18.4 Å². The van der Waals surface area contributed by atoms with Gasteiger partial charge in [-0.05, 0) is 44.6 Å². The molecule has 0 aliphatic heterocycles. The topological polar surface area (TPSA) is 87.5 Å². The minimum absolute atomic E-state index is 0.0148. The summed E-state index contributed by atoms with van der Waals surface area (Å²) in [6.45, 7) is 0.408. The minimum Gasteiger partial charge on any atom is -0.377 e. The maximum Gasteiger partial charge on any atom is 0.293 e. The predicted molar refractivity (Wildman–Crippen MR) is 105 cm³/mol. The van der Waals surface area contributed by atoms with Crippen LogP contribution in [0.4, 0.5) is 11.4 Å². The van der Waals surface area contributed by atoms with Gasteiger partial charge in [-0.1, -0.05) is 30.3 Å². The molecule has 0 unspecified atom stereocenters. The van der Waals surface area contributed by atoms with Gasteiger partial charge in [-0.2, -0.15) is 0 Å². The normalized spacial score (nSPS) is 14.6. The highest BCUT2D eigenvalue weighted by Gasteiger charge is 2.25. The number of amides is 1. The number of rotatable bonds is 8. The van der Waals surface area contributed by atoms with Gasteiger partial charge >= 0.3 is 0 Å². The summed E-state index contributed by atoms with van der Waals surface area (Å²) >= 11 is 0. The zero-order valence-corrected chi connectivity index (χ0v) is 15.5. The molecule has 1 fully saturated rings. The van der Waals surface area contributed by atoms with Gasteiger partial charge in [-0.3, -0.25) is 14.9 Å². The van der Waals surface area contributed by atoms with Crippen molar-refractivity contribution >= 4 is 17.3 Å². The standard InChI is InChI=1S/C20H24N4O3/c1-23(2)19(14-6-4-3-5-7-14)13-21-20(25)15-8-11-17(22-16-9-10-16)18(12-15)24(26)27/h3-8,11-12,16,19,22H,9-10,13H2,1-2H3,(H,21,25)/t19-/m1/s1. The third-order valence-electron chi connectivity index (χ3n) is 4.66. The quantitative estimate of drug-likeness (QED) is 0.552. The van der Waals surface area contributed by atoms with E-state index in [-0.39, 0.29) is 23.2 Å². The Bertz CT molecular complexity index is 819. The number of nitrogens with one attached hydrogen (secondary N) is 2. The Balaban J connectivity index is 1.71. The van der Waals surface area contributed by atoms with Crippen molar-refractivity contribution < 1.29 is 9.72 Å². The lowest BCUT2D eigenvalue weighted by molar-refractivity contribution is -0.384. The smallest absolute Gasteiger partial charge is 0.293 e. The second-order valence-electron chi connectivity index (χ2n) is 7.01. The van der Waals surface area contributed by atoms with Crippen molar-refractivity contribution in [1.82, 2.24) is 10.2 Å². The molecule has 1 saturated carbocycles. The van der Waals surface area contributed by atoms with Gasteiger partial charge in [-0.15, -0.1) is 0 Å². The van der Waals surface area contributed by atoms with Gasteiger partial charge in [-0.25, -0.2) is 0 Å². The van der Waals surface area contributed by atoms with E-state index in [0.29, 0.717) is 18.3 Å². The maximum atomic E-state index is 12.6. The molecule has 1 amide bonds. The summed E-state index contributed by atoms with van der Waals surface area (Å²) in [5, 5.41) is 17.4. The Kier molecular flexibility index (Phi) is 5.71. The van der Waals surface area contributed by atoms with E-state index in [4.69, 9.17) is 0 Å². The monoisotopic (exact) mass is 368 g/mol. The summed E-state index contributed by atoms with van der Waals surface area (Å²) < 4.78 is 0. The fraction of sp³-hybridized carbons (Fsp3) is 0.350. The summed E-state index contributed by atoms with van der Waals surface area (Å²) in [5.41, 5.74) is 1.78. The van der Waals surface area contributed by atoms with E-state index >= 15 is 0 Å². The molecule has 1 aliphatic rings. The molecular formula is C20H24N4O3. The molecule has 7 nitrogen and oxygen atoms in total. The second kappa shape index (κ2) is 8.18. The van der Waals surface area contributed by atoms with Crippen molar-refractivity contribution in [2.24, 2.45) is 0 Å². The van der Waals surface area contributed by atoms with Crippen LogP contribution in [0.1, 0.15) is 34.8 Å². The summed E-state index contributed by atoms with van der Waals surface area (Å²) in [6.07, 6.45) is 2.04.